The van der Waals surface area contributed by atoms with Gasteiger partial charge in [0.05, 0.1) is 0 Å². The van der Waals surface area contributed by atoms with E-state index in [0.29, 0.717) is 5.92 Å². The number of benzene rings is 2. The van der Waals surface area contributed by atoms with E-state index in [4.69, 9.17) is 0 Å². The maximum Gasteiger partial charge on any atom is 0.00562 e. The van der Waals surface area contributed by atoms with E-state index in [1.54, 1.807) is 0 Å². The quantitative estimate of drug-likeness (QED) is 0.559. The van der Waals surface area contributed by atoms with Crippen molar-refractivity contribution in [2.45, 2.75) is 19.3 Å². The number of allylic oxidation sites excluding steroid dienone is 9. The molecule has 128 valence electrons. The van der Waals surface area contributed by atoms with Crippen molar-refractivity contribution in [3.63, 3.8) is 0 Å². The van der Waals surface area contributed by atoms with Crippen molar-refractivity contribution in [1.82, 2.24) is 0 Å². The highest BCUT2D eigenvalue weighted by Crippen LogP contribution is 2.33. The van der Waals surface area contributed by atoms with E-state index in [0.717, 1.165) is 19.3 Å². The summed E-state index contributed by atoms with van der Waals surface area (Å²) >= 11 is 0. The maximum absolute atomic E-state index is 4.38. The lowest BCUT2D eigenvalue weighted by molar-refractivity contribution is 0.848. The molecule has 0 fully saturated rings. The molecule has 4 rings (SSSR count). The first-order valence-corrected chi connectivity index (χ1v) is 9.41. The SMILES string of the molecule is C=C(c1ccc(C2=CCCC=C2)cc1)C1C=CC(c2ccccc2)=CC1. The fourth-order valence-corrected chi connectivity index (χ4v) is 3.64. The zero-order valence-electron chi connectivity index (χ0n) is 15.1. The fraction of sp³-hybridized carbons (Fsp3) is 0.154. The summed E-state index contributed by atoms with van der Waals surface area (Å²) in [5.74, 6) is 0.377. The average molecular weight is 336 g/mol. The fourth-order valence-electron chi connectivity index (χ4n) is 3.64. The lowest BCUT2D eigenvalue weighted by Gasteiger charge is -2.19. The van der Waals surface area contributed by atoms with Gasteiger partial charge in [0.1, 0.15) is 0 Å². The molecule has 0 N–H and O–H groups in total. The second-order valence-electron chi connectivity index (χ2n) is 6.97. The van der Waals surface area contributed by atoms with Gasteiger partial charge >= 0.3 is 0 Å². The van der Waals surface area contributed by atoms with Crippen LogP contribution in [0.2, 0.25) is 0 Å². The van der Waals surface area contributed by atoms with Gasteiger partial charge in [-0.3, -0.25) is 0 Å². The Hall–Kier alpha value is -2.86. The molecule has 0 radical (unpaired) electrons. The molecular weight excluding hydrogens is 312 g/mol. The van der Waals surface area contributed by atoms with Crippen LogP contribution in [-0.2, 0) is 0 Å². The Balaban J connectivity index is 1.46. The predicted molar refractivity (Wildman–Crippen MR) is 113 cm³/mol. The Morgan fingerprint density at radius 3 is 2.15 bits per heavy atom. The molecule has 0 bridgehead atoms. The molecule has 26 heavy (non-hydrogen) atoms. The van der Waals surface area contributed by atoms with Crippen LogP contribution in [0.3, 0.4) is 0 Å². The minimum Gasteiger partial charge on any atom is -0.0946 e. The van der Waals surface area contributed by atoms with E-state index in [9.17, 15) is 0 Å². The minimum absolute atomic E-state index is 0.377. The summed E-state index contributed by atoms with van der Waals surface area (Å²) in [7, 11) is 0. The molecule has 0 heteroatoms. The van der Waals surface area contributed by atoms with Crippen LogP contribution in [0.5, 0.6) is 0 Å². The molecule has 2 aromatic rings. The van der Waals surface area contributed by atoms with Gasteiger partial charge in [0.2, 0.25) is 0 Å². The standard InChI is InChI=1S/C26H24/c1-20(21-12-16-25(17-13-21)23-8-4-2-5-9-23)22-14-18-26(19-15-22)24-10-6-3-7-11-24/h2,4-6,8-12,14-19,21H,1,3,7,13H2. The van der Waals surface area contributed by atoms with Crippen LogP contribution in [0.15, 0.2) is 97.6 Å². The summed E-state index contributed by atoms with van der Waals surface area (Å²) in [5, 5.41) is 0. The highest BCUT2D eigenvalue weighted by Gasteiger charge is 2.14. The molecule has 2 aromatic carbocycles. The van der Waals surface area contributed by atoms with Crippen LogP contribution in [0.1, 0.15) is 36.0 Å². The number of rotatable bonds is 4. The van der Waals surface area contributed by atoms with Crippen molar-refractivity contribution in [2.75, 3.05) is 0 Å². The maximum atomic E-state index is 4.38. The van der Waals surface area contributed by atoms with Gasteiger partial charge in [-0.05, 0) is 52.7 Å². The van der Waals surface area contributed by atoms with Crippen molar-refractivity contribution >= 4 is 16.7 Å². The Morgan fingerprint density at radius 1 is 0.769 bits per heavy atom. The first kappa shape index (κ1) is 16.6. The van der Waals surface area contributed by atoms with E-state index in [1.807, 2.05) is 0 Å². The summed E-state index contributed by atoms with van der Waals surface area (Å²) in [6.07, 6.45) is 17.0. The Morgan fingerprint density at radius 2 is 1.50 bits per heavy atom. The molecule has 2 aliphatic rings. The van der Waals surface area contributed by atoms with Gasteiger partial charge in [-0.2, -0.15) is 0 Å². The van der Waals surface area contributed by atoms with Crippen LogP contribution in [0, 0.1) is 5.92 Å². The van der Waals surface area contributed by atoms with Crippen molar-refractivity contribution < 1.29 is 0 Å². The monoisotopic (exact) mass is 336 g/mol. The van der Waals surface area contributed by atoms with E-state index >= 15 is 0 Å². The molecule has 0 heterocycles. The Labute approximate surface area is 156 Å². The van der Waals surface area contributed by atoms with Crippen LogP contribution >= 0.6 is 0 Å². The van der Waals surface area contributed by atoms with Crippen molar-refractivity contribution in [3.05, 3.63) is 114 Å². The van der Waals surface area contributed by atoms with Gasteiger partial charge in [-0.25, -0.2) is 0 Å². The van der Waals surface area contributed by atoms with E-state index in [2.05, 4.69) is 97.6 Å². The lowest BCUT2D eigenvalue weighted by Crippen LogP contribution is -2.02. The van der Waals surface area contributed by atoms with Gasteiger partial charge in [-0.15, -0.1) is 0 Å². The molecule has 0 saturated carbocycles. The van der Waals surface area contributed by atoms with Gasteiger partial charge in [0.15, 0.2) is 0 Å². The van der Waals surface area contributed by atoms with Crippen LogP contribution < -0.4 is 0 Å². The Bertz CT molecular complexity index is 902. The zero-order chi connectivity index (χ0) is 17.8. The Kier molecular flexibility index (Phi) is 4.84. The lowest BCUT2D eigenvalue weighted by atomic mass is 9.85. The van der Waals surface area contributed by atoms with Crippen LogP contribution in [-0.4, -0.2) is 0 Å². The van der Waals surface area contributed by atoms with Crippen LogP contribution in [0.4, 0.5) is 0 Å². The topological polar surface area (TPSA) is 0 Å². The molecule has 0 aliphatic heterocycles. The van der Waals surface area contributed by atoms with Crippen molar-refractivity contribution in [2.24, 2.45) is 5.92 Å². The highest BCUT2D eigenvalue weighted by atomic mass is 14.2. The molecule has 0 spiro atoms. The highest BCUT2D eigenvalue weighted by molar-refractivity contribution is 5.79. The molecule has 0 aromatic heterocycles. The second kappa shape index (κ2) is 7.58. The van der Waals surface area contributed by atoms with E-state index in [1.165, 1.54) is 33.4 Å². The number of hydrogen-bond acceptors (Lipinski definition) is 0. The zero-order valence-corrected chi connectivity index (χ0v) is 15.1. The molecule has 1 unspecified atom stereocenters. The largest absolute Gasteiger partial charge is 0.0946 e. The molecule has 0 saturated heterocycles. The molecule has 1 atom stereocenters. The van der Waals surface area contributed by atoms with Crippen molar-refractivity contribution in [1.29, 1.82) is 0 Å². The second-order valence-corrected chi connectivity index (χ2v) is 6.97. The normalized spacial score (nSPS) is 19.0. The van der Waals surface area contributed by atoms with E-state index < -0.39 is 0 Å². The predicted octanol–water partition coefficient (Wildman–Crippen LogP) is 7.09. The summed E-state index contributed by atoms with van der Waals surface area (Å²) in [6, 6.07) is 19.4. The van der Waals surface area contributed by atoms with Gasteiger partial charge in [-0.1, -0.05) is 97.6 Å². The summed E-state index contributed by atoms with van der Waals surface area (Å²) in [4.78, 5) is 0. The molecule has 0 nitrogen and oxygen atoms in total. The number of hydrogen-bond donors (Lipinski definition) is 0. The first-order valence-electron chi connectivity index (χ1n) is 9.41. The van der Waals surface area contributed by atoms with Crippen molar-refractivity contribution in [3.8, 4) is 0 Å². The van der Waals surface area contributed by atoms with Gasteiger partial charge < -0.3 is 0 Å². The smallest absolute Gasteiger partial charge is 0.00562 e. The first-order chi connectivity index (χ1) is 12.8. The third-order valence-electron chi connectivity index (χ3n) is 5.24. The third-order valence-corrected chi connectivity index (χ3v) is 5.24. The average Bonchev–Trinajstić information content (AvgIpc) is 2.75. The molecular formula is C26H24. The molecule has 2 aliphatic carbocycles. The summed E-state index contributed by atoms with van der Waals surface area (Å²) in [6.45, 7) is 4.38. The summed E-state index contributed by atoms with van der Waals surface area (Å²) < 4.78 is 0. The third kappa shape index (κ3) is 3.55. The summed E-state index contributed by atoms with van der Waals surface area (Å²) in [5.41, 5.74) is 7.65. The van der Waals surface area contributed by atoms with Crippen LogP contribution in [0.25, 0.3) is 16.7 Å². The molecule has 0 amide bonds. The van der Waals surface area contributed by atoms with Gasteiger partial charge in [0.25, 0.3) is 0 Å². The minimum atomic E-state index is 0.377. The van der Waals surface area contributed by atoms with Gasteiger partial charge in [0, 0.05) is 5.92 Å². The van der Waals surface area contributed by atoms with E-state index in [-0.39, 0.29) is 0 Å².